The second-order valence-corrected chi connectivity index (χ2v) is 24.3. The standard InChI is InChI=1S/C70H104N2O4/c1-7-67(53-75-54-67)51-73-47-31-19-15-27-43-70(44-28-16-20-32-48-74-52-68(8-2)55-76-56-68)64-36-24-22-34-60(64)62-40-38-58(50-66(62)70)57-37-39-61-59-33-21-23-35-63(59)69(65(61)49-57,41-25-13-17-29-45-71(9-3)10-4)42-26-14-18-30-46-72(11-5)12-6/h21-24,33-40,49-50H,7-20,25-32,41-48,51-56H2,1-6H3. The zero-order valence-electron chi connectivity index (χ0n) is 49.1. The summed E-state index contributed by atoms with van der Waals surface area (Å²) in [5.74, 6) is 0. The first-order valence-electron chi connectivity index (χ1n) is 31.6. The molecule has 2 aliphatic heterocycles. The van der Waals surface area contributed by atoms with Crippen molar-refractivity contribution >= 4 is 0 Å². The molecular formula is C70H104N2O4. The minimum atomic E-state index is -0.00228. The largest absolute Gasteiger partial charge is 0.381 e. The molecule has 0 amide bonds. The van der Waals surface area contributed by atoms with Crippen LogP contribution >= 0.6 is 0 Å². The molecular weight excluding hydrogens is 933 g/mol. The second-order valence-electron chi connectivity index (χ2n) is 24.3. The highest BCUT2D eigenvalue weighted by Crippen LogP contribution is 2.57. The Morgan fingerprint density at radius 3 is 1.07 bits per heavy atom. The summed E-state index contributed by atoms with van der Waals surface area (Å²) in [6.07, 6.45) is 27.2. The van der Waals surface area contributed by atoms with Gasteiger partial charge in [-0.05, 0) is 171 Å². The highest BCUT2D eigenvalue weighted by atomic mass is 16.5. The number of fused-ring (bicyclic) bond motifs is 6. The molecule has 0 spiro atoms. The van der Waals surface area contributed by atoms with Gasteiger partial charge in [0.15, 0.2) is 0 Å². The molecule has 0 N–H and O–H groups in total. The van der Waals surface area contributed by atoms with Crippen LogP contribution in [0.4, 0.5) is 0 Å². The molecule has 0 unspecified atom stereocenters. The van der Waals surface area contributed by atoms with Crippen LogP contribution in [0.2, 0.25) is 0 Å². The molecule has 4 aliphatic rings. The van der Waals surface area contributed by atoms with Gasteiger partial charge >= 0.3 is 0 Å². The molecule has 76 heavy (non-hydrogen) atoms. The normalized spacial score (nSPS) is 17.1. The third-order valence-electron chi connectivity index (χ3n) is 19.5. The molecule has 0 aromatic heterocycles. The van der Waals surface area contributed by atoms with E-state index in [1.165, 1.54) is 162 Å². The summed E-state index contributed by atoms with van der Waals surface area (Å²) < 4.78 is 23.7. The molecule has 0 bridgehead atoms. The van der Waals surface area contributed by atoms with Crippen LogP contribution < -0.4 is 0 Å². The Kier molecular flexibility index (Phi) is 22.6. The van der Waals surface area contributed by atoms with Crippen molar-refractivity contribution in [2.75, 3.05) is 92.1 Å². The monoisotopic (exact) mass is 1040 g/mol. The van der Waals surface area contributed by atoms with Gasteiger partial charge in [0.05, 0.1) is 39.6 Å². The Bertz CT molecular complexity index is 2270. The fraction of sp³-hybridized carbons (Fsp3) is 0.657. The SMILES string of the molecule is CCN(CC)CCCCCCC1(CCCCCCN(CC)CC)c2ccccc2-c2ccc(-c3ccc4c(c3)C(CCCCCCOCC3(CC)COC3)(CCCCCCOCC3(CC)COC3)c3ccccc3-4)cc21. The van der Waals surface area contributed by atoms with Crippen LogP contribution in [0, 0.1) is 10.8 Å². The molecule has 2 saturated heterocycles. The predicted molar refractivity (Wildman–Crippen MR) is 321 cm³/mol. The topological polar surface area (TPSA) is 43.4 Å². The summed E-state index contributed by atoms with van der Waals surface area (Å²) in [6, 6.07) is 34.4. The maximum absolute atomic E-state index is 6.27. The van der Waals surface area contributed by atoms with Crippen molar-refractivity contribution in [3.05, 3.63) is 107 Å². The number of hydrogen-bond donors (Lipinski definition) is 0. The van der Waals surface area contributed by atoms with Crippen molar-refractivity contribution in [1.29, 1.82) is 0 Å². The first-order valence-corrected chi connectivity index (χ1v) is 31.6. The van der Waals surface area contributed by atoms with Gasteiger partial charge in [-0.15, -0.1) is 0 Å². The second kappa shape index (κ2) is 29.2. The molecule has 4 aromatic carbocycles. The summed E-state index contributed by atoms with van der Waals surface area (Å²) in [6.45, 7) is 27.7. The molecule has 6 heteroatoms. The van der Waals surface area contributed by atoms with Crippen molar-refractivity contribution in [3.8, 4) is 33.4 Å². The van der Waals surface area contributed by atoms with Gasteiger partial charge in [0, 0.05) is 34.9 Å². The molecule has 2 fully saturated rings. The zero-order chi connectivity index (χ0) is 53.1. The maximum atomic E-state index is 6.27. The summed E-state index contributed by atoms with van der Waals surface area (Å²) in [4.78, 5) is 5.18. The Morgan fingerprint density at radius 1 is 0.382 bits per heavy atom. The zero-order valence-corrected chi connectivity index (χ0v) is 49.1. The lowest BCUT2D eigenvalue weighted by atomic mass is 9.69. The highest BCUT2D eigenvalue weighted by molar-refractivity contribution is 5.87. The van der Waals surface area contributed by atoms with Crippen LogP contribution in [-0.2, 0) is 29.8 Å². The van der Waals surface area contributed by atoms with Gasteiger partial charge in [0.1, 0.15) is 0 Å². The van der Waals surface area contributed by atoms with Crippen LogP contribution in [0.5, 0.6) is 0 Å². The minimum absolute atomic E-state index is 0.00228. The molecule has 418 valence electrons. The first kappa shape index (κ1) is 58.8. The van der Waals surface area contributed by atoms with Crippen LogP contribution in [-0.4, -0.2) is 102 Å². The van der Waals surface area contributed by atoms with Crippen molar-refractivity contribution in [1.82, 2.24) is 9.80 Å². The van der Waals surface area contributed by atoms with Gasteiger partial charge in [-0.2, -0.15) is 0 Å². The van der Waals surface area contributed by atoms with Gasteiger partial charge in [0.2, 0.25) is 0 Å². The first-order chi connectivity index (χ1) is 37.3. The lowest BCUT2D eigenvalue weighted by molar-refractivity contribution is -0.150. The number of benzene rings is 4. The molecule has 6 nitrogen and oxygen atoms in total. The quantitative estimate of drug-likeness (QED) is 0.0415. The molecule has 0 saturated carbocycles. The Morgan fingerprint density at radius 2 is 0.724 bits per heavy atom. The smallest absolute Gasteiger partial charge is 0.0566 e. The van der Waals surface area contributed by atoms with E-state index in [2.05, 4.69) is 136 Å². The van der Waals surface area contributed by atoms with Gasteiger partial charge < -0.3 is 28.7 Å². The fourth-order valence-electron chi connectivity index (χ4n) is 14.0. The average molecular weight is 1040 g/mol. The average Bonchev–Trinajstić information content (AvgIpc) is 3.95. The summed E-state index contributed by atoms with van der Waals surface area (Å²) >= 11 is 0. The summed E-state index contributed by atoms with van der Waals surface area (Å²) in [5.41, 5.74) is 15.5. The van der Waals surface area contributed by atoms with Crippen molar-refractivity contribution in [2.24, 2.45) is 10.8 Å². The lowest BCUT2D eigenvalue weighted by Gasteiger charge is -2.40. The van der Waals surface area contributed by atoms with E-state index in [0.29, 0.717) is 0 Å². The Balaban J connectivity index is 1.04. The van der Waals surface area contributed by atoms with Gasteiger partial charge in [-0.3, -0.25) is 0 Å². The Hall–Kier alpha value is -3.36. The minimum Gasteiger partial charge on any atom is -0.381 e. The lowest BCUT2D eigenvalue weighted by Crippen LogP contribution is -2.45. The van der Waals surface area contributed by atoms with E-state index >= 15 is 0 Å². The van der Waals surface area contributed by atoms with Crippen molar-refractivity contribution < 1.29 is 18.9 Å². The van der Waals surface area contributed by atoms with Crippen LogP contribution in [0.15, 0.2) is 84.9 Å². The third-order valence-corrected chi connectivity index (χ3v) is 19.5. The van der Waals surface area contributed by atoms with E-state index in [0.717, 1.165) is 105 Å². The molecule has 2 aliphatic carbocycles. The number of unbranched alkanes of at least 4 members (excludes halogenated alkanes) is 12. The maximum Gasteiger partial charge on any atom is 0.0566 e. The van der Waals surface area contributed by atoms with E-state index < -0.39 is 0 Å². The van der Waals surface area contributed by atoms with Gasteiger partial charge in [-0.25, -0.2) is 0 Å². The molecule has 4 aromatic rings. The number of rotatable bonds is 39. The van der Waals surface area contributed by atoms with Crippen LogP contribution in [0.3, 0.4) is 0 Å². The Labute approximate surface area is 463 Å². The number of nitrogens with zero attached hydrogens (tertiary/aromatic N) is 2. The van der Waals surface area contributed by atoms with E-state index in [4.69, 9.17) is 18.9 Å². The molecule has 0 atom stereocenters. The summed E-state index contributed by atoms with van der Waals surface area (Å²) in [5, 5.41) is 0. The van der Waals surface area contributed by atoms with E-state index in [1.807, 2.05) is 0 Å². The van der Waals surface area contributed by atoms with Gasteiger partial charge in [0.25, 0.3) is 0 Å². The third kappa shape index (κ3) is 14.0. The van der Waals surface area contributed by atoms with Gasteiger partial charge in [-0.1, -0.05) is 191 Å². The van der Waals surface area contributed by atoms with E-state index in [1.54, 1.807) is 22.3 Å². The molecule has 0 radical (unpaired) electrons. The van der Waals surface area contributed by atoms with E-state index in [-0.39, 0.29) is 21.7 Å². The van der Waals surface area contributed by atoms with Crippen LogP contribution in [0.1, 0.15) is 205 Å². The summed E-state index contributed by atoms with van der Waals surface area (Å²) in [7, 11) is 0. The van der Waals surface area contributed by atoms with Crippen LogP contribution in [0.25, 0.3) is 33.4 Å². The number of hydrogen-bond acceptors (Lipinski definition) is 6. The predicted octanol–water partition coefficient (Wildman–Crippen LogP) is 17.3. The van der Waals surface area contributed by atoms with E-state index in [9.17, 15) is 0 Å². The fourth-order valence-corrected chi connectivity index (χ4v) is 14.0. The molecule has 8 rings (SSSR count). The number of ether oxygens (including phenoxy) is 4. The van der Waals surface area contributed by atoms with Crippen molar-refractivity contribution in [3.63, 3.8) is 0 Å². The highest BCUT2D eigenvalue weighted by Gasteiger charge is 2.44. The molecule has 2 heterocycles. The van der Waals surface area contributed by atoms with Crippen molar-refractivity contribution in [2.45, 2.75) is 194 Å².